The van der Waals surface area contributed by atoms with Gasteiger partial charge in [-0.05, 0) is 5.92 Å². The predicted molar refractivity (Wildman–Crippen MR) is 76.3 cm³/mol. The fraction of sp³-hybridized carbons (Fsp3) is 0.692. The molecule has 0 spiro atoms. The van der Waals surface area contributed by atoms with Crippen molar-refractivity contribution < 1.29 is 4.74 Å². The second-order valence-corrected chi connectivity index (χ2v) is 5.06. The van der Waals surface area contributed by atoms with Crippen LogP contribution in [0, 0.1) is 0 Å². The molecular weight excluding hydrogens is 242 g/mol. The largest absolute Gasteiger partial charge is 0.383 e. The Morgan fingerprint density at radius 2 is 2.11 bits per heavy atom. The molecule has 1 fully saturated rings. The SMILES string of the molecule is CC(C)c1c(N)ncnc1NCCN1CCOCC1. The minimum Gasteiger partial charge on any atom is -0.383 e. The maximum Gasteiger partial charge on any atom is 0.135 e. The van der Waals surface area contributed by atoms with Crippen LogP contribution >= 0.6 is 0 Å². The topological polar surface area (TPSA) is 76.3 Å². The summed E-state index contributed by atoms with van der Waals surface area (Å²) >= 11 is 0. The first-order valence-electron chi connectivity index (χ1n) is 6.83. The average Bonchev–Trinajstić information content (AvgIpc) is 2.39. The van der Waals surface area contributed by atoms with Crippen LogP contribution in [0.15, 0.2) is 6.33 Å². The third kappa shape index (κ3) is 3.78. The lowest BCUT2D eigenvalue weighted by atomic mass is 10.0. The maximum atomic E-state index is 5.92. The van der Waals surface area contributed by atoms with Gasteiger partial charge in [0.25, 0.3) is 0 Å². The summed E-state index contributed by atoms with van der Waals surface area (Å²) < 4.78 is 5.33. The summed E-state index contributed by atoms with van der Waals surface area (Å²) in [7, 11) is 0. The van der Waals surface area contributed by atoms with E-state index in [4.69, 9.17) is 10.5 Å². The number of rotatable bonds is 5. The number of nitrogens with two attached hydrogens (primary N) is 1. The van der Waals surface area contributed by atoms with E-state index in [-0.39, 0.29) is 0 Å². The number of ether oxygens (including phenoxy) is 1. The first-order valence-corrected chi connectivity index (χ1v) is 6.83. The van der Waals surface area contributed by atoms with Gasteiger partial charge in [0.1, 0.15) is 18.0 Å². The van der Waals surface area contributed by atoms with E-state index in [1.165, 1.54) is 6.33 Å². The van der Waals surface area contributed by atoms with Crippen LogP contribution in [0.2, 0.25) is 0 Å². The predicted octanol–water partition coefficient (Wildman–Crippen LogP) is 0.926. The highest BCUT2D eigenvalue weighted by Gasteiger charge is 2.13. The third-order valence-electron chi connectivity index (χ3n) is 3.32. The summed E-state index contributed by atoms with van der Waals surface area (Å²) in [5, 5.41) is 3.37. The van der Waals surface area contributed by atoms with Crippen LogP contribution in [-0.4, -0.2) is 54.3 Å². The molecule has 1 aliphatic rings. The Balaban J connectivity index is 1.90. The van der Waals surface area contributed by atoms with E-state index >= 15 is 0 Å². The first kappa shape index (κ1) is 14.0. The number of morpholine rings is 1. The van der Waals surface area contributed by atoms with Crippen LogP contribution in [0.3, 0.4) is 0 Å². The van der Waals surface area contributed by atoms with E-state index in [0.29, 0.717) is 11.7 Å². The summed E-state index contributed by atoms with van der Waals surface area (Å²) in [5.41, 5.74) is 6.92. The van der Waals surface area contributed by atoms with Crippen LogP contribution in [0.25, 0.3) is 0 Å². The number of nitrogens with zero attached hydrogens (tertiary/aromatic N) is 3. The van der Waals surface area contributed by atoms with Crippen molar-refractivity contribution in [2.75, 3.05) is 50.4 Å². The van der Waals surface area contributed by atoms with Crippen molar-refractivity contribution in [3.63, 3.8) is 0 Å². The highest BCUT2D eigenvalue weighted by molar-refractivity contribution is 5.56. The lowest BCUT2D eigenvalue weighted by Crippen LogP contribution is -2.39. The van der Waals surface area contributed by atoms with Crippen molar-refractivity contribution >= 4 is 11.6 Å². The van der Waals surface area contributed by atoms with Crippen molar-refractivity contribution in [1.82, 2.24) is 14.9 Å². The molecule has 0 aromatic carbocycles. The standard InChI is InChI=1S/C13H23N5O/c1-10(2)11-12(14)16-9-17-13(11)15-3-4-18-5-7-19-8-6-18/h9-10H,3-8H2,1-2H3,(H3,14,15,16,17). The van der Waals surface area contributed by atoms with Gasteiger partial charge in [0.15, 0.2) is 0 Å². The van der Waals surface area contributed by atoms with Crippen LogP contribution in [-0.2, 0) is 4.74 Å². The van der Waals surface area contributed by atoms with Crippen LogP contribution in [0.4, 0.5) is 11.6 Å². The lowest BCUT2D eigenvalue weighted by molar-refractivity contribution is 0.0398. The Morgan fingerprint density at radius 3 is 2.79 bits per heavy atom. The van der Waals surface area contributed by atoms with Crippen molar-refractivity contribution in [2.24, 2.45) is 0 Å². The fourth-order valence-corrected chi connectivity index (χ4v) is 2.28. The highest BCUT2D eigenvalue weighted by Crippen LogP contribution is 2.25. The van der Waals surface area contributed by atoms with Crippen molar-refractivity contribution in [1.29, 1.82) is 0 Å². The van der Waals surface area contributed by atoms with Crippen molar-refractivity contribution in [3.05, 3.63) is 11.9 Å². The van der Waals surface area contributed by atoms with Gasteiger partial charge in [-0.3, -0.25) is 4.90 Å². The van der Waals surface area contributed by atoms with Crippen molar-refractivity contribution in [2.45, 2.75) is 19.8 Å². The zero-order valence-electron chi connectivity index (χ0n) is 11.7. The van der Waals surface area contributed by atoms with Gasteiger partial charge >= 0.3 is 0 Å². The molecule has 6 heteroatoms. The average molecular weight is 265 g/mol. The summed E-state index contributed by atoms with van der Waals surface area (Å²) in [6.45, 7) is 9.72. The van der Waals surface area contributed by atoms with E-state index in [2.05, 4.69) is 34.0 Å². The lowest BCUT2D eigenvalue weighted by Gasteiger charge is -2.26. The Kier molecular flexibility index (Phi) is 4.93. The van der Waals surface area contributed by atoms with E-state index in [9.17, 15) is 0 Å². The molecule has 0 bridgehead atoms. The molecule has 0 aliphatic carbocycles. The molecule has 2 heterocycles. The molecule has 0 saturated carbocycles. The number of nitrogen functional groups attached to an aromatic ring is 1. The normalized spacial score (nSPS) is 16.8. The molecule has 1 saturated heterocycles. The summed E-state index contributed by atoms with van der Waals surface area (Å²) in [6, 6.07) is 0. The zero-order chi connectivity index (χ0) is 13.7. The minimum absolute atomic E-state index is 0.312. The molecule has 1 aromatic rings. The Hall–Kier alpha value is -1.40. The molecule has 19 heavy (non-hydrogen) atoms. The molecule has 0 amide bonds. The molecule has 1 aromatic heterocycles. The van der Waals surface area contributed by atoms with Gasteiger partial charge in [-0.25, -0.2) is 9.97 Å². The van der Waals surface area contributed by atoms with E-state index in [1.54, 1.807) is 0 Å². The third-order valence-corrected chi connectivity index (χ3v) is 3.32. The van der Waals surface area contributed by atoms with Crippen LogP contribution in [0.5, 0.6) is 0 Å². The van der Waals surface area contributed by atoms with E-state index in [1.807, 2.05) is 0 Å². The molecule has 1 aliphatic heterocycles. The summed E-state index contributed by atoms with van der Waals surface area (Å²) in [5.74, 6) is 1.74. The molecule has 0 atom stereocenters. The van der Waals surface area contributed by atoms with Gasteiger partial charge in [-0.2, -0.15) is 0 Å². The molecule has 0 radical (unpaired) electrons. The van der Waals surface area contributed by atoms with Crippen LogP contribution in [0.1, 0.15) is 25.3 Å². The number of hydrogen-bond acceptors (Lipinski definition) is 6. The van der Waals surface area contributed by atoms with E-state index < -0.39 is 0 Å². The first-order chi connectivity index (χ1) is 9.18. The van der Waals surface area contributed by atoms with Gasteiger partial charge < -0.3 is 15.8 Å². The molecular formula is C13H23N5O. The van der Waals surface area contributed by atoms with Gasteiger partial charge in [-0.15, -0.1) is 0 Å². The maximum absolute atomic E-state index is 5.92. The summed E-state index contributed by atoms with van der Waals surface area (Å²) in [4.78, 5) is 10.7. The second kappa shape index (κ2) is 6.68. The van der Waals surface area contributed by atoms with Crippen LogP contribution < -0.4 is 11.1 Å². The van der Waals surface area contributed by atoms with Gasteiger partial charge in [0.2, 0.25) is 0 Å². The van der Waals surface area contributed by atoms with Crippen molar-refractivity contribution in [3.8, 4) is 0 Å². The van der Waals surface area contributed by atoms with Gasteiger partial charge in [0, 0.05) is 31.7 Å². The smallest absolute Gasteiger partial charge is 0.135 e. The zero-order valence-corrected chi connectivity index (χ0v) is 11.7. The number of nitrogens with one attached hydrogen (secondary N) is 1. The quantitative estimate of drug-likeness (QED) is 0.824. The number of anilines is 2. The second-order valence-electron chi connectivity index (χ2n) is 5.06. The molecule has 106 valence electrons. The Morgan fingerprint density at radius 1 is 1.37 bits per heavy atom. The monoisotopic (exact) mass is 265 g/mol. The Labute approximate surface area is 114 Å². The fourth-order valence-electron chi connectivity index (χ4n) is 2.28. The summed E-state index contributed by atoms with van der Waals surface area (Å²) in [6.07, 6.45) is 1.51. The molecule has 2 rings (SSSR count). The Bertz CT molecular complexity index is 404. The van der Waals surface area contributed by atoms with Gasteiger partial charge in [-0.1, -0.05) is 13.8 Å². The highest BCUT2D eigenvalue weighted by atomic mass is 16.5. The van der Waals surface area contributed by atoms with Gasteiger partial charge in [0.05, 0.1) is 13.2 Å². The number of aromatic nitrogens is 2. The molecule has 0 unspecified atom stereocenters. The minimum atomic E-state index is 0.312. The van der Waals surface area contributed by atoms with E-state index in [0.717, 1.165) is 50.8 Å². The molecule has 6 nitrogen and oxygen atoms in total. The number of hydrogen-bond donors (Lipinski definition) is 2. The molecule has 3 N–H and O–H groups in total.